The largest absolute Gasteiger partial charge is 0.327 e. The minimum atomic E-state index is 0.337. The Morgan fingerprint density at radius 3 is 2.69 bits per heavy atom. The number of nitrogens with zero attached hydrogens (tertiary/aromatic N) is 1. The van der Waals surface area contributed by atoms with Gasteiger partial charge in [0, 0.05) is 17.1 Å². The fourth-order valence-corrected chi connectivity index (χ4v) is 3.40. The summed E-state index contributed by atoms with van der Waals surface area (Å²) < 4.78 is 0. The monoisotopic (exact) mass is 238 g/mol. The Hall–Kier alpha value is -0.410. The van der Waals surface area contributed by atoms with E-state index in [1.54, 1.807) is 11.3 Å². The number of nitrogens with two attached hydrogens (primary N) is 1. The lowest BCUT2D eigenvalue weighted by Gasteiger charge is -2.18. The van der Waals surface area contributed by atoms with Gasteiger partial charge in [-0.1, -0.05) is 38.5 Å². The first kappa shape index (κ1) is 12.1. The first-order valence-corrected chi connectivity index (χ1v) is 7.35. The Morgan fingerprint density at radius 2 is 2.06 bits per heavy atom. The Labute approximate surface area is 102 Å². The SMILES string of the molecule is NC(Cc1cncs1)CC1CCCCCC1. The molecule has 90 valence electrons. The average Bonchev–Trinajstić information content (AvgIpc) is 2.62. The molecule has 1 aromatic heterocycles. The van der Waals surface area contributed by atoms with Crippen LogP contribution >= 0.6 is 11.3 Å². The summed E-state index contributed by atoms with van der Waals surface area (Å²) in [4.78, 5) is 5.43. The van der Waals surface area contributed by atoms with E-state index in [1.807, 2.05) is 11.7 Å². The summed E-state index contributed by atoms with van der Waals surface area (Å²) in [7, 11) is 0. The van der Waals surface area contributed by atoms with Gasteiger partial charge in [-0.3, -0.25) is 4.98 Å². The van der Waals surface area contributed by atoms with Crippen molar-refractivity contribution in [2.24, 2.45) is 11.7 Å². The van der Waals surface area contributed by atoms with Crippen molar-refractivity contribution in [3.63, 3.8) is 0 Å². The summed E-state index contributed by atoms with van der Waals surface area (Å²) in [5.74, 6) is 0.880. The van der Waals surface area contributed by atoms with Crippen molar-refractivity contribution in [3.05, 3.63) is 16.6 Å². The molecule has 1 aliphatic carbocycles. The molecule has 2 nitrogen and oxygen atoms in total. The van der Waals surface area contributed by atoms with E-state index in [4.69, 9.17) is 5.73 Å². The van der Waals surface area contributed by atoms with Gasteiger partial charge in [-0.2, -0.15) is 0 Å². The first-order chi connectivity index (χ1) is 7.84. The van der Waals surface area contributed by atoms with E-state index in [1.165, 1.54) is 49.8 Å². The van der Waals surface area contributed by atoms with Crippen LogP contribution in [0, 0.1) is 5.92 Å². The highest BCUT2D eigenvalue weighted by molar-refractivity contribution is 7.09. The highest BCUT2D eigenvalue weighted by Gasteiger charge is 2.16. The fourth-order valence-electron chi connectivity index (χ4n) is 2.71. The second kappa shape index (κ2) is 6.36. The number of aromatic nitrogens is 1. The Bertz CT molecular complexity index is 276. The second-order valence-corrected chi connectivity index (χ2v) is 6.00. The molecule has 1 unspecified atom stereocenters. The van der Waals surface area contributed by atoms with Gasteiger partial charge in [0.05, 0.1) is 5.51 Å². The molecule has 0 spiro atoms. The number of thiazole rings is 1. The van der Waals surface area contributed by atoms with Gasteiger partial charge in [0.15, 0.2) is 0 Å². The quantitative estimate of drug-likeness (QED) is 0.817. The Morgan fingerprint density at radius 1 is 1.31 bits per heavy atom. The van der Waals surface area contributed by atoms with Crippen molar-refractivity contribution in [2.45, 2.75) is 57.4 Å². The number of hydrogen-bond donors (Lipinski definition) is 1. The van der Waals surface area contributed by atoms with Crippen LogP contribution in [0.5, 0.6) is 0 Å². The average molecular weight is 238 g/mol. The molecule has 3 heteroatoms. The van der Waals surface area contributed by atoms with Crippen molar-refractivity contribution in [2.75, 3.05) is 0 Å². The molecule has 1 atom stereocenters. The van der Waals surface area contributed by atoms with Gasteiger partial charge >= 0.3 is 0 Å². The first-order valence-electron chi connectivity index (χ1n) is 6.47. The zero-order chi connectivity index (χ0) is 11.2. The molecule has 2 rings (SSSR count). The maximum Gasteiger partial charge on any atom is 0.0794 e. The third-order valence-electron chi connectivity index (χ3n) is 3.56. The standard InChI is InChI=1S/C13H22N2S/c14-12(8-13-9-15-10-16-13)7-11-5-3-1-2-4-6-11/h9-12H,1-8,14H2. The number of hydrogen-bond acceptors (Lipinski definition) is 3. The Balaban J connectivity index is 1.75. The lowest BCUT2D eigenvalue weighted by molar-refractivity contribution is 0.388. The summed E-state index contributed by atoms with van der Waals surface area (Å²) in [6, 6.07) is 0.337. The second-order valence-electron chi connectivity index (χ2n) is 5.03. The van der Waals surface area contributed by atoms with E-state index in [0.717, 1.165) is 12.3 Å². The smallest absolute Gasteiger partial charge is 0.0794 e. The normalized spacial score (nSPS) is 20.6. The zero-order valence-corrected chi connectivity index (χ0v) is 10.7. The van der Waals surface area contributed by atoms with Crippen molar-refractivity contribution in [1.29, 1.82) is 0 Å². The lowest BCUT2D eigenvalue weighted by Crippen LogP contribution is -2.25. The van der Waals surface area contributed by atoms with Crippen molar-refractivity contribution in [1.82, 2.24) is 4.98 Å². The van der Waals surface area contributed by atoms with Gasteiger partial charge in [-0.05, 0) is 18.8 Å². The minimum Gasteiger partial charge on any atom is -0.327 e. The molecule has 1 saturated carbocycles. The molecule has 1 heterocycles. The summed E-state index contributed by atoms with van der Waals surface area (Å²) in [5.41, 5.74) is 8.12. The van der Waals surface area contributed by atoms with E-state index in [0.29, 0.717) is 6.04 Å². The summed E-state index contributed by atoms with van der Waals surface area (Å²) in [6.45, 7) is 0. The Kier molecular flexibility index (Phi) is 4.79. The van der Waals surface area contributed by atoms with Gasteiger partial charge in [0.1, 0.15) is 0 Å². The van der Waals surface area contributed by atoms with E-state index in [9.17, 15) is 0 Å². The predicted molar refractivity (Wildman–Crippen MR) is 69.6 cm³/mol. The summed E-state index contributed by atoms with van der Waals surface area (Å²) in [6.07, 6.45) is 12.7. The topological polar surface area (TPSA) is 38.9 Å². The van der Waals surface area contributed by atoms with Crippen LogP contribution in [-0.4, -0.2) is 11.0 Å². The van der Waals surface area contributed by atoms with E-state index in [2.05, 4.69) is 4.98 Å². The third-order valence-corrected chi connectivity index (χ3v) is 4.36. The highest BCUT2D eigenvalue weighted by atomic mass is 32.1. The van der Waals surface area contributed by atoms with Crippen LogP contribution in [0.1, 0.15) is 49.8 Å². The predicted octanol–water partition coefficient (Wildman–Crippen LogP) is 3.37. The van der Waals surface area contributed by atoms with Crippen LogP contribution in [0.4, 0.5) is 0 Å². The molecular formula is C13H22N2S. The molecule has 0 bridgehead atoms. The third kappa shape index (κ3) is 3.87. The molecule has 0 amide bonds. The van der Waals surface area contributed by atoms with Gasteiger partial charge in [-0.15, -0.1) is 11.3 Å². The maximum atomic E-state index is 6.23. The van der Waals surface area contributed by atoms with Crippen LogP contribution in [-0.2, 0) is 6.42 Å². The molecule has 1 fully saturated rings. The maximum absolute atomic E-state index is 6.23. The molecule has 0 radical (unpaired) electrons. The highest BCUT2D eigenvalue weighted by Crippen LogP contribution is 2.26. The molecule has 0 aliphatic heterocycles. The van der Waals surface area contributed by atoms with E-state index >= 15 is 0 Å². The fraction of sp³-hybridized carbons (Fsp3) is 0.769. The van der Waals surface area contributed by atoms with E-state index < -0.39 is 0 Å². The molecular weight excluding hydrogens is 216 g/mol. The van der Waals surface area contributed by atoms with Gasteiger partial charge < -0.3 is 5.73 Å². The van der Waals surface area contributed by atoms with Gasteiger partial charge in [-0.25, -0.2) is 0 Å². The zero-order valence-electron chi connectivity index (χ0n) is 9.90. The van der Waals surface area contributed by atoms with Crippen LogP contribution in [0.3, 0.4) is 0 Å². The number of rotatable bonds is 4. The molecule has 0 saturated heterocycles. The van der Waals surface area contributed by atoms with Crippen LogP contribution < -0.4 is 5.73 Å². The molecule has 1 aliphatic rings. The van der Waals surface area contributed by atoms with E-state index in [-0.39, 0.29) is 0 Å². The lowest BCUT2D eigenvalue weighted by atomic mass is 9.91. The van der Waals surface area contributed by atoms with Crippen molar-refractivity contribution < 1.29 is 0 Å². The van der Waals surface area contributed by atoms with Gasteiger partial charge in [0.25, 0.3) is 0 Å². The summed E-state index contributed by atoms with van der Waals surface area (Å²) in [5, 5.41) is 0. The summed E-state index contributed by atoms with van der Waals surface area (Å²) >= 11 is 1.73. The van der Waals surface area contributed by atoms with Crippen molar-refractivity contribution >= 4 is 11.3 Å². The van der Waals surface area contributed by atoms with Crippen LogP contribution in [0.2, 0.25) is 0 Å². The molecule has 2 N–H and O–H groups in total. The van der Waals surface area contributed by atoms with Crippen LogP contribution in [0.25, 0.3) is 0 Å². The van der Waals surface area contributed by atoms with Crippen molar-refractivity contribution in [3.8, 4) is 0 Å². The van der Waals surface area contributed by atoms with Gasteiger partial charge in [0.2, 0.25) is 0 Å². The molecule has 0 aromatic carbocycles. The minimum absolute atomic E-state index is 0.337. The molecule has 16 heavy (non-hydrogen) atoms. The van der Waals surface area contributed by atoms with Crippen LogP contribution in [0.15, 0.2) is 11.7 Å². The molecule has 1 aromatic rings.